The fourth-order valence-corrected chi connectivity index (χ4v) is 3.78. The highest BCUT2D eigenvalue weighted by atomic mass is 16.3. The molecule has 2 fully saturated rings. The molecule has 0 unspecified atom stereocenters. The van der Waals surface area contributed by atoms with Gasteiger partial charge in [0.2, 0.25) is 5.91 Å². The molecule has 2 heterocycles. The van der Waals surface area contributed by atoms with Gasteiger partial charge in [0.1, 0.15) is 0 Å². The predicted octanol–water partition coefficient (Wildman–Crippen LogP) is 2.13. The largest absolute Gasteiger partial charge is 0.390 e. The number of piperidine rings is 1. The van der Waals surface area contributed by atoms with Crippen LogP contribution < -0.4 is 5.32 Å². The molecule has 0 bridgehead atoms. The number of aryl methyl sites for hydroxylation is 1. The van der Waals surface area contributed by atoms with E-state index in [2.05, 4.69) is 5.32 Å². The highest BCUT2D eigenvalue weighted by Crippen LogP contribution is 2.37. The van der Waals surface area contributed by atoms with Crippen LogP contribution in [0.1, 0.15) is 55.5 Å². The molecule has 136 valence electrons. The first-order valence-corrected chi connectivity index (χ1v) is 9.14. The maximum absolute atomic E-state index is 12.8. The lowest BCUT2D eigenvalue weighted by molar-refractivity contribution is -0.119. The van der Waals surface area contributed by atoms with Crippen molar-refractivity contribution in [3.63, 3.8) is 0 Å². The lowest BCUT2D eigenvalue weighted by Crippen LogP contribution is -2.44. The van der Waals surface area contributed by atoms with E-state index in [-0.39, 0.29) is 17.2 Å². The fourth-order valence-electron chi connectivity index (χ4n) is 3.78. The minimum Gasteiger partial charge on any atom is -0.390 e. The minimum atomic E-state index is -0.700. The number of nitrogens with one attached hydrogen (secondary N) is 1. The summed E-state index contributed by atoms with van der Waals surface area (Å²) in [7, 11) is 0. The van der Waals surface area contributed by atoms with Crippen molar-refractivity contribution in [3.05, 3.63) is 35.4 Å². The van der Waals surface area contributed by atoms with Gasteiger partial charge in [-0.25, -0.2) is 0 Å². The van der Waals surface area contributed by atoms with Gasteiger partial charge in [-0.15, -0.1) is 0 Å². The zero-order chi connectivity index (χ0) is 18.1. The van der Waals surface area contributed by atoms with Gasteiger partial charge in [0.05, 0.1) is 5.60 Å². The average Bonchev–Trinajstić information content (AvgIpc) is 2.93. The highest BCUT2D eigenvalue weighted by molar-refractivity contribution is 5.94. The lowest BCUT2D eigenvalue weighted by Gasteiger charge is -2.38. The molecule has 0 aromatic heterocycles. The summed E-state index contributed by atoms with van der Waals surface area (Å²) in [6.07, 6.45) is 3.78. The first kappa shape index (κ1) is 17.9. The normalized spacial score (nSPS) is 20.0. The first-order valence-electron chi connectivity index (χ1n) is 9.14. The summed E-state index contributed by atoms with van der Waals surface area (Å²) in [6.45, 7) is 5.77. The second-order valence-corrected chi connectivity index (χ2v) is 8.26. The predicted molar refractivity (Wildman–Crippen MR) is 96.3 cm³/mol. The van der Waals surface area contributed by atoms with E-state index in [1.54, 1.807) is 13.8 Å². The van der Waals surface area contributed by atoms with E-state index in [0.29, 0.717) is 31.5 Å². The van der Waals surface area contributed by atoms with Gasteiger partial charge in [-0.1, -0.05) is 12.1 Å². The smallest absolute Gasteiger partial charge is 0.253 e. The number of nitrogens with zero attached hydrogens (tertiary/aromatic N) is 1. The lowest BCUT2D eigenvalue weighted by atomic mass is 9.77. The Kier molecular flexibility index (Phi) is 4.87. The van der Waals surface area contributed by atoms with Crippen molar-refractivity contribution < 1.29 is 14.7 Å². The molecule has 5 nitrogen and oxygen atoms in total. The van der Waals surface area contributed by atoms with Gasteiger partial charge in [0, 0.05) is 31.6 Å². The SMILES string of the molecule is CC(C)(O)CCc1cccc(C(=O)N2CCC3(CC2)CNC(=O)C3)c1. The molecule has 2 aliphatic rings. The number of likely N-dealkylation sites (tertiary alicyclic amines) is 1. The van der Waals surface area contributed by atoms with Gasteiger partial charge in [0.25, 0.3) is 5.91 Å². The van der Waals surface area contributed by atoms with E-state index in [1.807, 2.05) is 29.2 Å². The molecule has 2 aliphatic heterocycles. The van der Waals surface area contributed by atoms with Crippen LogP contribution in [0.25, 0.3) is 0 Å². The number of amides is 2. The van der Waals surface area contributed by atoms with Crippen LogP contribution in [0.5, 0.6) is 0 Å². The van der Waals surface area contributed by atoms with E-state index in [1.165, 1.54) is 0 Å². The van der Waals surface area contributed by atoms with E-state index in [0.717, 1.165) is 31.4 Å². The van der Waals surface area contributed by atoms with Crippen molar-refractivity contribution in [1.82, 2.24) is 10.2 Å². The molecule has 0 saturated carbocycles. The molecule has 2 amide bonds. The molecular weight excluding hydrogens is 316 g/mol. The highest BCUT2D eigenvalue weighted by Gasteiger charge is 2.41. The summed E-state index contributed by atoms with van der Waals surface area (Å²) in [4.78, 5) is 26.2. The van der Waals surface area contributed by atoms with Crippen molar-refractivity contribution in [1.29, 1.82) is 0 Å². The number of hydrogen-bond acceptors (Lipinski definition) is 3. The van der Waals surface area contributed by atoms with Crippen LogP contribution >= 0.6 is 0 Å². The number of carbonyl (C=O) groups excluding carboxylic acids is 2. The van der Waals surface area contributed by atoms with Crippen LogP contribution in [0.4, 0.5) is 0 Å². The van der Waals surface area contributed by atoms with E-state index >= 15 is 0 Å². The van der Waals surface area contributed by atoms with Crippen LogP contribution in [-0.4, -0.2) is 47.1 Å². The van der Waals surface area contributed by atoms with Gasteiger partial charge < -0.3 is 15.3 Å². The van der Waals surface area contributed by atoms with Gasteiger partial charge in [-0.2, -0.15) is 0 Å². The summed E-state index contributed by atoms with van der Waals surface area (Å²) in [5.41, 5.74) is 1.15. The van der Waals surface area contributed by atoms with E-state index in [9.17, 15) is 14.7 Å². The van der Waals surface area contributed by atoms with Gasteiger partial charge in [-0.3, -0.25) is 9.59 Å². The molecule has 1 spiro atoms. The Hall–Kier alpha value is -1.88. The standard InChI is InChI=1S/C20H28N2O3/c1-19(2,25)7-6-15-4-3-5-16(12-15)18(24)22-10-8-20(9-11-22)13-17(23)21-14-20/h3-5,12,25H,6-11,13-14H2,1-2H3,(H,21,23). The molecule has 3 rings (SSSR count). The number of carbonyl (C=O) groups is 2. The Labute approximate surface area is 149 Å². The zero-order valence-corrected chi connectivity index (χ0v) is 15.2. The Morgan fingerprint density at radius 3 is 2.64 bits per heavy atom. The monoisotopic (exact) mass is 344 g/mol. The molecule has 0 radical (unpaired) electrons. The molecule has 5 heteroatoms. The third-order valence-electron chi connectivity index (χ3n) is 5.51. The molecule has 2 N–H and O–H groups in total. The topological polar surface area (TPSA) is 69.6 Å². The van der Waals surface area contributed by atoms with Crippen molar-refractivity contribution in [2.45, 2.75) is 51.6 Å². The summed E-state index contributed by atoms with van der Waals surface area (Å²) in [5.74, 6) is 0.205. The molecule has 0 atom stereocenters. The van der Waals surface area contributed by atoms with Crippen molar-refractivity contribution in [2.24, 2.45) is 5.41 Å². The summed E-state index contributed by atoms with van der Waals surface area (Å²) in [6, 6.07) is 7.72. The maximum atomic E-state index is 12.8. The molecule has 0 aliphatic carbocycles. The Morgan fingerprint density at radius 2 is 2.04 bits per heavy atom. The number of aliphatic hydroxyl groups is 1. The van der Waals surface area contributed by atoms with Crippen LogP contribution in [-0.2, 0) is 11.2 Å². The number of hydrogen-bond donors (Lipinski definition) is 2. The van der Waals surface area contributed by atoms with E-state index < -0.39 is 5.60 Å². The molecule has 1 aromatic rings. The van der Waals surface area contributed by atoms with Gasteiger partial charge in [-0.05, 0) is 62.6 Å². The molecule has 25 heavy (non-hydrogen) atoms. The minimum absolute atomic E-state index is 0.0580. The summed E-state index contributed by atoms with van der Waals surface area (Å²) in [5, 5.41) is 12.8. The molecule has 2 saturated heterocycles. The third kappa shape index (κ3) is 4.40. The Morgan fingerprint density at radius 1 is 1.32 bits per heavy atom. The van der Waals surface area contributed by atoms with Crippen molar-refractivity contribution in [3.8, 4) is 0 Å². The Bertz CT molecular complexity index is 655. The zero-order valence-electron chi connectivity index (χ0n) is 15.2. The van der Waals surface area contributed by atoms with Crippen LogP contribution in [0.15, 0.2) is 24.3 Å². The average molecular weight is 344 g/mol. The quantitative estimate of drug-likeness (QED) is 0.879. The van der Waals surface area contributed by atoms with Crippen molar-refractivity contribution in [2.75, 3.05) is 19.6 Å². The molecular formula is C20H28N2O3. The van der Waals surface area contributed by atoms with Crippen LogP contribution in [0.2, 0.25) is 0 Å². The van der Waals surface area contributed by atoms with Crippen LogP contribution in [0.3, 0.4) is 0 Å². The number of rotatable bonds is 4. The van der Waals surface area contributed by atoms with Gasteiger partial charge in [0.15, 0.2) is 0 Å². The number of benzene rings is 1. The Balaban J connectivity index is 1.61. The van der Waals surface area contributed by atoms with Gasteiger partial charge >= 0.3 is 0 Å². The first-order chi connectivity index (χ1) is 11.8. The maximum Gasteiger partial charge on any atom is 0.253 e. The molecule has 1 aromatic carbocycles. The van der Waals surface area contributed by atoms with E-state index in [4.69, 9.17) is 0 Å². The second-order valence-electron chi connectivity index (χ2n) is 8.26. The van der Waals surface area contributed by atoms with Crippen molar-refractivity contribution >= 4 is 11.8 Å². The second kappa shape index (κ2) is 6.79. The third-order valence-corrected chi connectivity index (χ3v) is 5.51. The summed E-state index contributed by atoms with van der Waals surface area (Å²) < 4.78 is 0. The summed E-state index contributed by atoms with van der Waals surface area (Å²) >= 11 is 0. The fraction of sp³-hybridized carbons (Fsp3) is 0.600. The van der Waals surface area contributed by atoms with Crippen LogP contribution in [0, 0.1) is 5.41 Å².